The van der Waals surface area contributed by atoms with Gasteiger partial charge in [0.1, 0.15) is 0 Å². The van der Waals surface area contributed by atoms with Gasteiger partial charge in [0.15, 0.2) is 0 Å². The summed E-state index contributed by atoms with van der Waals surface area (Å²) in [4.78, 5) is 12.6. The molecule has 2 nitrogen and oxygen atoms in total. The van der Waals surface area contributed by atoms with Gasteiger partial charge in [-0.3, -0.25) is 9.36 Å². The third-order valence-corrected chi connectivity index (χ3v) is 4.10. The Morgan fingerprint density at radius 3 is 2.28 bits per heavy atom. The number of benzene rings is 2. The van der Waals surface area contributed by atoms with Crippen LogP contribution >= 0.6 is 0 Å². The van der Waals surface area contributed by atoms with Crippen molar-refractivity contribution in [1.82, 2.24) is 4.57 Å². The number of aromatic nitrogens is 1. The molecule has 0 radical (unpaired) electrons. The van der Waals surface area contributed by atoms with Crippen molar-refractivity contribution in [1.29, 1.82) is 0 Å². The number of hydrogen-bond donors (Lipinski definition) is 0. The lowest BCUT2D eigenvalue weighted by Gasteiger charge is -2.18. The average Bonchev–Trinajstić information content (AvgIpc) is 2.95. The first kappa shape index (κ1) is 17.3. The Bertz CT molecular complexity index is 945. The maximum atomic E-state index is 13.3. The van der Waals surface area contributed by atoms with Crippen molar-refractivity contribution in [2.45, 2.75) is 26.9 Å². The number of carbonyl (C=O) groups is 1. The number of nitrogens with zero attached hydrogens (tertiary/aromatic N) is 1. The normalized spacial score (nSPS) is 12.6. The summed E-state index contributed by atoms with van der Waals surface area (Å²) in [5, 5.41) is 0.811. The second-order valence-electron chi connectivity index (χ2n) is 7.06. The highest BCUT2D eigenvalue weighted by atomic mass is 19.4. The lowest BCUT2D eigenvalue weighted by molar-refractivity contribution is -0.137. The monoisotopic (exact) mass is 345 g/mol. The second-order valence-corrected chi connectivity index (χ2v) is 7.06. The number of halogens is 3. The van der Waals surface area contributed by atoms with Gasteiger partial charge >= 0.3 is 6.18 Å². The molecular formula is C20H18F3NO. The van der Waals surface area contributed by atoms with Gasteiger partial charge in [-0.05, 0) is 29.3 Å². The zero-order valence-corrected chi connectivity index (χ0v) is 14.2. The number of carbonyl (C=O) groups excluding carboxylic acids is 1. The molecule has 0 saturated heterocycles. The van der Waals surface area contributed by atoms with Crippen LogP contribution in [0.25, 0.3) is 22.0 Å². The minimum atomic E-state index is -4.44. The predicted octanol–water partition coefficient (Wildman–Crippen LogP) is 6.01. The van der Waals surface area contributed by atoms with E-state index in [9.17, 15) is 18.0 Å². The summed E-state index contributed by atoms with van der Waals surface area (Å²) in [6.45, 7) is 5.43. The van der Waals surface area contributed by atoms with E-state index in [1.165, 1.54) is 16.7 Å². The molecule has 0 unspecified atom stereocenters. The largest absolute Gasteiger partial charge is 0.417 e. The van der Waals surface area contributed by atoms with Crippen LogP contribution in [0.1, 0.15) is 31.1 Å². The lowest BCUT2D eigenvalue weighted by atomic mass is 9.95. The van der Waals surface area contributed by atoms with Crippen molar-refractivity contribution < 1.29 is 18.0 Å². The van der Waals surface area contributed by atoms with Crippen molar-refractivity contribution in [2.24, 2.45) is 5.41 Å². The van der Waals surface area contributed by atoms with E-state index in [4.69, 9.17) is 0 Å². The standard InChI is InChI=1S/C20H18F3NO/c1-19(2,3)18(25)24-11-10-13-8-9-14(12-17(13)24)15-6-4-5-7-16(15)20(21,22)23/h4-12H,1-3H3. The summed E-state index contributed by atoms with van der Waals surface area (Å²) in [6, 6.07) is 12.3. The molecule has 0 saturated carbocycles. The van der Waals surface area contributed by atoms with Crippen molar-refractivity contribution in [2.75, 3.05) is 0 Å². The minimum Gasteiger partial charge on any atom is -0.287 e. The number of rotatable bonds is 1. The minimum absolute atomic E-state index is 0.104. The van der Waals surface area contributed by atoms with Crippen LogP contribution in [-0.4, -0.2) is 10.5 Å². The van der Waals surface area contributed by atoms with Gasteiger partial charge in [0.05, 0.1) is 11.1 Å². The van der Waals surface area contributed by atoms with Gasteiger partial charge in [0, 0.05) is 17.0 Å². The lowest BCUT2D eigenvalue weighted by Crippen LogP contribution is -2.25. The van der Waals surface area contributed by atoms with Gasteiger partial charge < -0.3 is 0 Å². The number of fused-ring (bicyclic) bond motifs is 1. The molecule has 1 heterocycles. The van der Waals surface area contributed by atoms with E-state index in [-0.39, 0.29) is 11.5 Å². The van der Waals surface area contributed by atoms with E-state index in [0.29, 0.717) is 11.1 Å². The quantitative estimate of drug-likeness (QED) is 0.529. The van der Waals surface area contributed by atoms with E-state index in [1.807, 2.05) is 20.8 Å². The van der Waals surface area contributed by atoms with Gasteiger partial charge in [0.25, 0.3) is 0 Å². The molecule has 0 N–H and O–H groups in total. The fourth-order valence-electron chi connectivity index (χ4n) is 2.82. The maximum absolute atomic E-state index is 13.3. The first-order valence-electron chi connectivity index (χ1n) is 7.91. The molecule has 0 bridgehead atoms. The highest BCUT2D eigenvalue weighted by molar-refractivity contribution is 5.96. The Kier molecular flexibility index (Phi) is 3.98. The molecule has 0 aliphatic carbocycles. The summed E-state index contributed by atoms with van der Waals surface area (Å²) in [5.41, 5.74) is -0.134. The van der Waals surface area contributed by atoms with Crippen molar-refractivity contribution >= 4 is 16.8 Å². The predicted molar refractivity (Wildman–Crippen MR) is 92.5 cm³/mol. The third kappa shape index (κ3) is 3.18. The third-order valence-electron chi connectivity index (χ3n) is 4.10. The molecule has 3 rings (SSSR count). The molecule has 0 fully saturated rings. The maximum Gasteiger partial charge on any atom is 0.417 e. The van der Waals surface area contributed by atoms with Crippen LogP contribution in [0.3, 0.4) is 0 Å². The van der Waals surface area contributed by atoms with Crippen molar-refractivity contribution in [3.63, 3.8) is 0 Å². The van der Waals surface area contributed by atoms with Crippen LogP contribution < -0.4 is 0 Å². The highest BCUT2D eigenvalue weighted by Gasteiger charge is 2.33. The molecule has 0 aliphatic heterocycles. The van der Waals surface area contributed by atoms with E-state index < -0.39 is 17.2 Å². The summed E-state index contributed by atoms with van der Waals surface area (Å²) < 4.78 is 41.4. The Morgan fingerprint density at radius 1 is 0.960 bits per heavy atom. The number of alkyl halides is 3. The topological polar surface area (TPSA) is 22.0 Å². The van der Waals surface area contributed by atoms with Crippen LogP contribution in [-0.2, 0) is 6.18 Å². The molecule has 3 aromatic rings. The molecule has 5 heteroatoms. The molecule has 1 aromatic heterocycles. The Labute approximate surface area is 143 Å². The van der Waals surface area contributed by atoms with Crippen LogP contribution in [0, 0.1) is 5.41 Å². The van der Waals surface area contributed by atoms with Crippen LogP contribution in [0.2, 0.25) is 0 Å². The molecule has 2 aromatic carbocycles. The van der Waals surface area contributed by atoms with Gasteiger partial charge in [-0.25, -0.2) is 0 Å². The first-order chi connectivity index (χ1) is 11.6. The van der Waals surface area contributed by atoms with E-state index >= 15 is 0 Å². The molecule has 0 amide bonds. The molecular weight excluding hydrogens is 327 g/mol. The van der Waals surface area contributed by atoms with Gasteiger partial charge in [-0.1, -0.05) is 51.1 Å². The van der Waals surface area contributed by atoms with Gasteiger partial charge in [-0.2, -0.15) is 13.2 Å². The van der Waals surface area contributed by atoms with Crippen molar-refractivity contribution in [3.8, 4) is 11.1 Å². The van der Waals surface area contributed by atoms with Crippen LogP contribution in [0.15, 0.2) is 54.7 Å². The smallest absolute Gasteiger partial charge is 0.287 e. The fourth-order valence-corrected chi connectivity index (χ4v) is 2.82. The van der Waals surface area contributed by atoms with Gasteiger partial charge in [0.2, 0.25) is 5.91 Å². The summed E-state index contributed by atoms with van der Waals surface area (Å²) in [7, 11) is 0. The molecule has 25 heavy (non-hydrogen) atoms. The zero-order chi connectivity index (χ0) is 18.4. The van der Waals surface area contributed by atoms with Gasteiger partial charge in [-0.15, -0.1) is 0 Å². The van der Waals surface area contributed by atoms with E-state index in [0.717, 1.165) is 11.5 Å². The average molecular weight is 345 g/mol. The molecule has 130 valence electrons. The summed E-state index contributed by atoms with van der Waals surface area (Å²) >= 11 is 0. The van der Waals surface area contributed by atoms with Crippen molar-refractivity contribution in [3.05, 3.63) is 60.3 Å². The fraction of sp³-hybridized carbons (Fsp3) is 0.250. The first-order valence-corrected chi connectivity index (χ1v) is 7.91. The molecule has 0 atom stereocenters. The Balaban J connectivity index is 2.20. The Morgan fingerprint density at radius 2 is 1.64 bits per heavy atom. The molecule has 0 aliphatic rings. The van der Waals surface area contributed by atoms with Crippen LogP contribution in [0.5, 0.6) is 0 Å². The van der Waals surface area contributed by atoms with Crippen LogP contribution in [0.4, 0.5) is 13.2 Å². The SMILES string of the molecule is CC(C)(C)C(=O)n1ccc2ccc(-c3ccccc3C(F)(F)F)cc21. The summed E-state index contributed by atoms with van der Waals surface area (Å²) in [5.74, 6) is -0.108. The summed E-state index contributed by atoms with van der Waals surface area (Å²) in [6.07, 6.45) is -2.77. The van der Waals surface area contributed by atoms with E-state index in [2.05, 4.69) is 0 Å². The second kappa shape index (κ2) is 5.76. The van der Waals surface area contributed by atoms with E-state index in [1.54, 1.807) is 36.5 Å². The highest BCUT2D eigenvalue weighted by Crippen LogP contribution is 2.38. The molecule has 0 spiro atoms. The Hall–Kier alpha value is -2.56. The zero-order valence-electron chi connectivity index (χ0n) is 14.2. The number of hydrogen-bond acceptors (Lipinski definition) is 1.